The van der Waals surface area contributed by atoms with Crippen molar-refractivity contribution in [3.05, 3.63) is 59.7 Å². The van der Waals surface area contributed by atoms with Gasteiger partial charge in [-0.3, -0.25) is 4.79 Å². The molecule has 168 valence electrons. The van der Waals surface area contributed by atoms with Gasteiger partial charge in [-0.15, -0.1) is 0 Å². The molecule has 0 unspecified atom stereocenters. The van der Waals surface area contributed by atoms with Gasteiger partial charge in [0.15, 0.2) is 0 Å². The van der Waals surface area contributed by atoms with E-state index in [1.54, 1.807) is 26.4 Å². The van der Waals surface area contributed by atoms with Gasteiger partial charge in [0, 0.05) is 36.6 Å². The Bertz CT molecular complexity index is 1060. The van der Waals surface area contributed by atoms with Crippen LogP contribution >= 0.6 is 0 Å². The summed E-state index contributed by atoms with van der Waals surface area (Å²) in [5.74, 6) is 2.12. The number of benzene rings is 2. The number of amides is 1. The van der Waals surface area contributed by atoms with Gasteiger partial charge in [0.05, 0.1) is 14.2 Å². The molecular formula is C24H26FN3O4. The highest BCUT2D eigenvalue weighted by Crippen LogP contribution is 2.32. The molecule has 0 saturated heterocycles. The van der Waals surface area contributed by atoms with Crippen molar-refractivity contribution in [2.24, 2.45) is 0 Å². The van der Waals surface area contributed by atoms with Crippen molar-refractivity contribution in [2.75, 3.05) is 14.2 Å². The highest BCUT2D eigenvalue weighted by atomic mass is 19.1. The molecule has 8 heteroatoms. The largest absolute Gasteiger partial charge is 0.497 e. The molecule has 1 fully saturated rings. The summed E-state index contributed by atoms with van der Waals surface area (Å²) in [5, 5.41) is 3.95. The maximum absolute atomic E-state index is 13.1. The van der Waals surface area contributed by atoms with Crippen LogP contribution in [0.1, 0.15) is 37.1 Å². The van der Waals surface area contributed by atoms with Crippen LogP contribution in [0, 0.1) is 5.82 Å². The second kappa shape index (κ2) is 9.80. The van der Waals surface area contributed by atoms with Crippen molar-refractivity contribution in [3.8, 4) is 22.9 Å². The first-order valence-electron chi connectivity index (χ1n) is 10.7. The van der Waals surface area contributed by atoms with E-state index in [-0.39, 0.29) is 17.8 Å². The van der Waals surface area contributed by atoms with Crippen LogP contribution in [0.5, 0.6) is 11.5 Å². The second-order valence-electron chi connectivity index (χ2n) is 7.80. The molecule has 0 aliphatic heterocycles. The Hall–Kier alpha value is -3.42. The summed E-state index contributed by atoms with van der Waals surface area (Å²) in [6, 6.07) is 11.8. The first-order valence-corrected chi connectivity index (χ1v) is 10.7. The normalized spacial score (nSPS) is 13.1. The summed E-state index contributed by atoms with van der Waals surface area (Å²) < 4.78 is 29.2. The highest BCUT2D eigenvalue weighted by molar-refractivity contribution is 5.77. The Kier molecular flexibility index (Phi) is 6.68. The minimum atomic E-state index is -0.317. The van der Waals surface area contributed by atoms with Crippen molar-refractivity contribution >= 4 is 5.91 Å². The molecule has 4 rings (SSSR count). The third-order valence-corrected chi connectivity index (χ3v) is 5.49. The number of hydrogen-bond acceptors (Lipinski definition) is 6. The molecule has 0 radical (unpaired) electrons. The van der Waals surface area contributed by atoms with Gasteiger partial charge in [0.25, 0.3) is 0 Å². The minimum absolute atomic E-state index is 0.0932. The Labute approximate surface area is 186 Å². The van der Waals surface area contributed by atoms with E-state index < -0.39 is 0 Å². The first kappa shape index (κ1) is 21.8. The van der Waals surface area contributed by atoms with Crippen molar-refractivity contribution in [3.63, 3.8) is 0 Å². The van der Waals surface area contributed by atoms with E-state index in [1.807, 2.05) is 23.1 Å². The number of aromatic nitrogens is 2. The Balaban J connectivity index is 1.35. The summed E-state index contributed by atoms with van der Waals surface area (Å²) in [6.45, 7) is 0.485. The van der Waals surface area contributed by atoms with E-state index in [0.717, 1.165) is 29.9 Å². The molecule has 0 atom stereocenters. The molecule has 0 N–H and O–H groups in total. The molecule has 3 aromatic rings. The van der Waals surface area contributed by atoms with Gasteiger partial charge in [0.2, 0.25) is 17.6 Å². The second-order valence-corrected chi connectivity index (χ2v) is 7.80. The number of carbonyl (C=O) groups is 1. The van der Waals surface area contributed by atoms with Crippen molar-refractivity contribution in [1.82, 2.24) is 15.0 Å². The summed E-state index contributed by atoms with van der Waals surface area (Å²) in [7, 11) is 3.24. The monoisotopic (exact) mass is 439 g/mol. The number of nitrogens with zero attached hydrogens (tertiary/aromatic N) is 3. The van der Waals surface area contributed by atoms with E-state index in [2.05, 4.69) is 10.1 Å². The molecule has 2 aromatic carbocycles. The maximum atomic E-state index is 13.1. The quantitative estimate of drug-likeness (QED) is 0.466. The van der Waals surface area contributed by atoms with E-state index in [9.17, 15) is 9.18 Å². The smallest absolute Gasteiger partial charge is 0.226 e. The van der Waals surface area contributed by atoms with Crippen LogP contribution in [0.15, 0.2) is 47.0 Å². The van der Waals surface area contributed by atoms with E-state index in [1.165, 1.54) is 12.1 Å². The standard InChI is InChI=1S/C24H26FN3O4/c1-30-20-12-13-21(31-2)17(14-20)15-28(19-10-11-19)23(29)5-3-4-22-26-24(27-32-22)16-6-8-18(25)9-7-16/h6-9,12-14,19H,3-5,10-11,15H2,1-2H3. The third kappa shape index (κ3) is 5.25. The number of aryl methyl sites for hydroxylation is 1. The average Bonchev–Trinajstić information content (AvgIpc) is 3.55. The number of halogens is 1. The number of carbonyl (C=O) groups excluding carboxylic acids is 1. The lowest BCUT2D eigenvalue weighted by molar-refractivity contribution is -0.132. The topological polar surface area (TPSA) is 77.7 Å². The molecule has 1 aliphatic carbocycles. The SMILES string of the molecule is COc1ccc(OC)c(CN(C(=O)CCCc2nc(-c3ccc(F)cc3)no2)C2CC2)c1. The van der Waals surface area contributed by atoms with Crippen LogP contribution in [0.25, 0.3) is 11.4 Å². The van der Waals surface area contributed by atoms with Gasteiger partial charge in [-0.1, -0.05) is 5.16 Å². The fourth-order valence-corrected chi connectivity index (χ4v) is 3.60. The van der Waals surface area contributed by atoms with E-state index >= 15 is 0 Å². The van der Waals surface area contributed by atoms with Gasteiger partial charge in [0.1, 0.15) is 17.3 Å². The zero-order valence-corrected chi connectivity index (χ0v) is 18.2. The van der Waals surface area contributed by atoms with Crippen molar-refractivity contribution in [2.45, 2.75) is 44.7 Å². The number of ether oxygens (including phenoxy) is 2. The lowest BCUT2D eigenvalue weighted by Gasteiger charge is -2.24. The molecule has 1 heterocycles. The molecule has 1 aliphatic rings. The fraction of sp³-hybridized carbons (Fsp3) is 0.375. The van der Waals surface area contributed by atoms with Gasteiger partial charge < -0.3 is 18.9 Å². The zero-order chi connectivity index (χ0) is 22.5. The lowest BCUT2D eigenvalue weighted by atomic mass is 10.1. The maximum Gasteiger partial charge on any atom is 0.226 e. The molecule has 1 saturated carbocycles. The number of hydrogen-bond donors (Lipinski definition) is 0. The molecule has 1 aromatic heterocycles. The van der Waals surface area contributed by atoms with Crippen LogP contribution in [0.4, 0.5) is 4.39 Å². The van der Waals surface area contributed by atoms with Gasteiger partial charge in [-0.2, -0.15) is 4.98 Å². The first-order chi connectivity index (χ1) is 15.6. The van der Waals surface area contributed by atoms with Crippen molar-refractivity contribution in [1.29, 1.82) is 0 Å². The van der Waals surface area contributed by atoms with Crippen molar-refractivity contribution < 1.29 is 23.2 Å². The number of rotatable bonds is 10. The van der Waals surface area contributed by atoms with E-state index in [0.29, 0.717) is 43.1 Å². The predicted molar refractivity (Wildman–Crippen MR) is 116 cm³/mol. The summed E-state index contributed by atoms with van der Waals surface area (Å²) in [4.78, 5) is 19.3. The Morgan fingerprint density at radius 3 is 2.62 bits per heavy atom. The Morgan fingerprint density at radius 1 is 1.16 bits per heavy atom. The summed E-state index contributed by atoms with van der Waals surface area (Å²) >= 11 is 0. The summed E-state index contributed by atoms with van der Waals surface area (Å²) in [6.07, 6.45) is 3.52. The van der Waals surface area contributed by atoms with Crippen LogP contribution < -0.4 is 9.47 Å². The molecule has 0 spiro atoms. The summed E-state index contributed by atoms with van der Waals surface area (Å²) in [5.41, 5.74) is 1.61. The van der Waals surface area contributed by atoms with Crippen LogP contribution in [0.2, 0.25) is 0 Å². The number of methoxy groups -OCH3 is 2. The van der Waals surface area contributed by atoms with Crippen LogP contribution in [-0.4, -0.2) is 41.2 Å². The van der Waals surface area contributed by atoms with Gasteiger partial charge >= 0.3 is 0 Å². The fourth-order valence-electron chi connectivity index (χ4n) is 3.60. The molecule has 32 heavy (non-hydrogen) atoms. The van der Waals surface area contributed by atoms with Crippen LogP contribution in [-0.2, 0) is 17.8 Å². The molecule has 1 amide bonds. The average molecular weight is 439 g/mol. The molecule has 0 bridgehead atoms. The third-order valence-electron chi connectivity index (χ3n) is 5.49. The Morgan fingerprint density at radius 2 is 1.94 bits per heavy atom. The zero-order valence-electron chi connectivity index (χ0n) is 18.2. The van der Waals surface area contributed by atoms with Crippen LogP contribution in [0.3, 0.4) is 0 Å². The van der Waals surface area contributed by atoms with E-state index in [4.69, 9.17) is 14.0 Å². The minimum Gasteiger partial charge on any atom is -0.497 e. The lowest BCUT2D eigenvalue weighted by Crippen LogP contribution is -2.32. The highest BCUT2D eigenvalue weighted by Gasteiger charge is 2.32. The van der Waals surface area contributed by atoms with Gasteiger partial charge in [-0.25, -0.2) is 4.39 Å². The molecule has 7 nitrogen and oxygen atoms in total. The molecular weight excluding hydrogens is 413 g/mol. The predicted octanol–water partition coefficient (Wildman–Crippen LogP) is 4.41. The van der Waals surface area contributed by atoms with Gasteiger partial charge in [-0.05, 0) is 61.7 Å².